The van der Waals surface area contributed by atoms with Gasteiger partial charge in [0.05, 0.1) is 13.2 Å². The lowest BCUT2D eigenvalue weighted by molar-refractivity contribution is 0.0937. The number of anilines is 1. The van der Waals surface area contributed by atoms with E-state index in [2.05, 4.69) is 15.3 Å². The van der Waals surface area contributed by atoms with Crippen LogP contribution in [0.3, 0.4) is 0 Å². The maximum Gasteiger partial charge on any atom is 0.317 e. The summed E-state index contributed by atoms with van der Waals surface area (Å²) >= 11 is 0. The molecule has 144 valence electrons. The lowest BCUT2D eigenvalue weighted by Crippen LogP contribution is -2.35. The van der Waals surface area contributed by atoms with Crippen molar-refractivity contribution in [2.45, 2.75) is 12.6 Å². The van der Waals surface area contributed by atoms with Crippen LogP contribution < -0.4 is 21.2 Å². The van der Waals surface area contributed by atoms with E-state index in [4.69, 9.17) is 9.84 Å². The third-order valence-electron chi connectivity index (χ3n) is 3.97. The van der Waals surface area contributed by atoms with E-state index in [0.717, 1.165) is 4.57 Å². The highest BCUT2D eigenvalue weighted by Crippen LogP contribution is 2.17. The molecule has 1 aromatic carbocycles. The molecule has 3 aromatic rings. The van der Waals surface area contributed by atoms with E-state index in [1.54, 1.807) is 16.7 Å². The fourth-order valence-electron chi connectivity index (χ4n) is 2.66. The maximum absolute atomic E-state index is 11.8. The highest BCUT2D eigenvalue weighted by Gasteiger charge is 2.18. The van der Waals surface area contributed by atoms with Gasteiger partial charge in [-0.3, -0.25) is 18.7 Å². The van der Waals surface area contributed by atoms with Crippen molar-refractivity contribution in [3.05, 3.63) is 51.0 Å². The second-order valence-electron chi connectivity index (χ2n) is 5.96. The van der Waals surface area contributed by atoms with Crippen LogP contribution in [-0.4, -0.2) is 55.2 Å². The second-order valence-corrected chi connectivity index (χ2v) is 5.96. The van der Waals surface area contributed by atoms with Gasteiger partial charge in [0.25, 0.3) is 0 Å². The van der Waals surface area contributed by atoms with E-state index >= 15 is 0 Å². The Kier molecular flexibility index (Phi) is 5.57. The zero-order chi connectivity index (χ0) is 19.4. The molecular weight excluding hydrogens is 354 g/mol. The number of aromatic amines is 1. The van der Waals surface area contributed by atoms with Crippen molar-refractivity contribution < 1.29 is 14.9 Å². The van der Waals surface area contributed by atoms with Gasteiger partial charge >= 0.3 is 11.1 Å². The quantitative estimate of drug-likeness (QED) is 0.381. The van der Waals surface area contributed by atoms with E-state index in [9.17, 15) is 14.7 Å². The Hall–Kier alpha value is -3.11. The van der Waals surface area contributed by atoms with E-state index in [-0.39, 0.29) is 32.0 Å². The van der Waals surface area contributed by atoms with Crippen molar-refractivity contribution in [2.24, 2.45) is 7.05 Å². The zero-order valence-corrected chi connectivity index (χ0v) is 14.8. The van der Waals surface area contributed by atoms with Crippen LogP contribution in [0.5, 0.6) is 5.75 Å². The Morgan fingerprint density at radius 1 is 1.30 bits per heavy atom. The molecular formula is C17H21N5O5. The van der Waals surface area contributed by atoms with Crippen molar-refractivity contribution in [2.75, 3.05) is 25.1 Å². The normalized spacial score (nSPS) is 12.3. The number of hydrogen-bond acceptors (Lipinski definition) is 7. The number of aromatic nitrogens is 4. The predicted octanol–water partition coefficient (Wildman–Crippen LogP) is -0.733. The van der Waals surface area contributed by atoms with E-state index in [1.165, 1.54) is 7.05 Å². The third kappa shape index (κ3) is 4.01. The van der Waals surface area contributed by atoms with Crippen LogP contribution in [0.4, 0.5) is 5.95 Å². The first kappa shape index (κ1) is 18.7. The number of nitrogens with one attached hydrogen (secondary N) is 2. The Labute approximate surface area is 153 Å². The molecule has 2 aromatic heterocycles. The minimum absolute atomic E-state index is 0.0269. The molecule has 0 saturated heterocycles. The number of ether oxygens (including phenoxy) is 1. The molecule has 4 N–H and O–H groups in total. The number of imidazole rings is 1. The van der Waals surface area contributed by atoms with E-state index in [0.29, 0.717) is 17.3 Å². The standard InChI is InChI=1S/C17H21N5O5/c1-21-13-14(19-15(25)16(21)26)22(17(20-13)18-7-8-23)9-11(24)10-27-12-5-3-2-4-6-12/h2-6,11,23-24H,7-10H2,1H3,(H,18,20)(H,19,25). The number of aliphatic hydroxyl groups is 2. The summed E-state index contributed by atoms with van der Waals surface area (Å²) in [6.45, 7) is 0.181. The summed E-state index contributed by atoms with van der Waals surface area (Å²) in [6, 6.07) is 9.07. The number of aryl methyl sites for hydroxylation is 1. The Morgan fingerprint density at radius 3 is 2.74 bits per heavy atom. The summed E-state index contributed by atoms with van der Waals surface area (Å²) in [5.74, 6) is 0.941. The molecule has 0 aliphatic rings. The summed E-state index contributed by atoms with van der Waals surface area (Å²) in [7, 11) is 1.45. The van der Waals surface area contributed by atoms with Crippen LogP contribution in [0.2, 0.25) is 0 Å². The first-order valence-electron chi connectivity index (χ1n) is 8.41. The maximum atomic E-state index is 11.8. The largest absolute Gasteiger partial charge is 0.491 e. The Balaban J connectivity index is 1.88. The molecule has 0 aliphatic carbocycles. The summed E-state index contributed by atoms with van der Waals surface area (Å²) in [5, 5.41) is 22.3. The first-order valence-corrected chi connectivity index (χ1v) is 8.41. The number of para-hydroxylation sites is 1. The molecule has 0 amide bonds. The summed E-state index contributed by atoms with van der Waals surface area (Å²) in [6.07, 6.45) is -0.905. The third-order valence-corrected chi connectivity index (χ3v) is 3.97. The van der Waals surface area contributed by atoms with Crippen LogP contribution >= 0.6 is 0 Å². The van der Waals surface area contributed by atoms with Gasteiger partial charge in [-0.1, -0.05) is 18.2 Å². The Morgan fingerprint density at radius 2 is 2.04 bits per heavy atom. The predicted molar refractivity (Wildman–Crippen MR) is 99.1 cm³/mol. The molecule has 0 spiro atoms. The van der Waals surface area contributed by atoms with Gasteiger partial charge in [-0.15, -0.1) is 0 Å². The number of hydrogen-bond donors (Lipinski definition) is 4. The molecule has 1 atom stereocenters. The lowest BCUT2D eigenvalue weighted by atomic mass is 10.3. The minimum atomic E-state index is -0.905. The van der Waals surface area contributed by atoms with Gasteiger partial charge in [-0.25, -0.2) is 0 Å². The molecule has 0 fully saturated rings. The number of nitrogens with zero attached hydrogens (tertiary/aromatic N) is 3. The highest BCUT2D eigenvalue weighted by atomic mass is 16.5. The van der Waals surface area contributed by atoms with Gasteiger partial charge in [0.15, 0.2) is 11.3 Å². The van der Waals surface area contributed by atoms with Crippen LogP contribution in [0.15, 0.2) is 39.9 Å². The topological polar surface area (TPSA) is 134 Å². The van der Waals surface area contributed by atoms with Crippen molar-refractivity contribution in [1.29, 1.82) is 0 Å². The number of fused-ring (bicyclic) bond motifs is 1. The number of rotatable bonds is 8. The monoisotopic (exact) mass is 375 g/mol. The minimum Gasteiger partial charge on any atom is -0.491 e. The number of H-pyrrole nitrogens is 1. The van der Waals surface area contributed by atoms with E-state index < -0.39 is 17.2 Å². The molecule has 10 heteroatoms. The van der Waals surface area contributed by atoms with Gasteiger partial charge in [-0.05, 0) is 12.1 Å². The smallest absolute Gasteiger partial charge is 0.317 e. The highest BCUT2D eigenvalue weighted by molar-refractivity contribution is 5.70. The summed E-state index contributed by atoms with van der Waals surface area (Å²) in [5.41, 5.74) is -0.957. The van der Waals surface area contributed by atoms with E-state index in [1.807, 2.05) is 18.2 Å². The molecule has 0 saturated carbocycles. The van der Waals surface area contributed by atoms with Gasteiger partial charge in [0.2, 0.25) is 5.95 Å². The first-order chi connectivity index (χ1) is 13.0. The second kappa shape index (κ2) is 8.06. The molecule has 10 nitrogen and oxygen atoms in total. The average Bonchev–Trinajstić information content (AvgIpc) is 3.01. The van der Waals surface area contributed by atoms with Gasteiger partial charge < -0.3 is 25.3 Å². The lowest BCUT2D eigenvalue weighted by Gasteiger charge is -2.15. The molecule has 0 aliphatic heterocycles. The molecule has 27 heavy (non-hydrogen) atoms. The van der Waals surface area contributed by atoms with Gasteiger partial charge in [0, 0.05) is 13.6 Å². The van der Waals surface area contributed by atoms with Crippen molar-refractivity contribution in [1.82, 2.24) is 19.1 Å². The van der Waals surface area contributed by atoms with Crippen molar-refractivity contribution in [3.63, 3.8) is 0 Å². The average molecular weight is 375 g/mol. The molecule has 2 heterocycles. The fourth-order valence-corrected chi connectivity index (χ4v) is 2.66. The Bertz CT molecular complexity index is 1020. The van der Waals surface area contributed by atoms with Gasteiger partial charge in [0.1, 0.15) is 18.5 Å². The summed E-state index contributed by atoms with van der Waals surface area (Å²) in [4.78, 5) is 30.5. The van der Waals surface area contributed by atoms with Crippen molar-refractivity contribution in [3.8, 4) is 5.75 Å². The van der Waals surface area contributed by atoms with Gasteiger partial charge in [-0.2, -0.15) is 4.98 Å². The van der Waals surface area contributed by atoms with Crippen LogP contribution in [0.25, 0.3) is 11.3 Å². The SMILES string of the molecule is Cn1c(=O)c(=O)[nH]c2c1nc(NCCO)n2CC(O)COc1ccccc1. The van der Waals surface area contributed by atoms with Crippen LogP contribution in [0.1, 0.15) is 0 Å². The number of benzene rings is 1. The van der Waals surface area contributed by atoms with Crippen molar-refractivity contribution >= 4 is 17.2 Å². The molecule has 1 unspecified atom stereocenters. The van der Waals surface area contributed by atoms with Crippen LogP contribution in [-0.2, 0) is 13.6 Å². The zero-order valence-electron chi connectivity index (χ0n) is 14.8. The molecule has 0 bridgehead atoms. The number of aliphatic hydroxyl groups excluding tert-OH is 2. The molecule has 3 rings (SSSR count). The fraction of sp³-hybridized carbons (Fsp3) is 0.353. The van der Waals surface area contributed by atoms with Crippen LogP contribution in [0, 0.1) is 0 Å². The summed E-state index contributed by atoms with van der Waals surface area (Å²) < 4.78 is 8.23. The molecule has 0 radical (unpaired) electrons.